The second-order valence-electron chi connectivity index (χ2n) is 17.6. The molecular formula is C56H48N3OPt-. The van der Waals surface area contributed by atoms with Crippen LogP contribution in [0, 0.1) is 6.07 Å². The number of benzene rings is 6. The zero-order chi connectivity index (χ0) is 41.6. The van der Waals surface area contributed by atoms with Crippen LogP contribution in [0.4, 0.5) is 0 Å². The van der Waals surface area contributed by atoms with Crippen LogP contribution in [0.3, 0.4) is 0 Å². The maximum absolute atomic E-state index is 11.1. The molecule has 0 amide bonds. The van der Waals surface area contributed by atoms with Gasteiger partial charge in [-0.15, -0.1) is 24.3 Å². The number of aromatic hydroxyl groups is 1. The van der Waals surface area contributed by atoms with Crippen molar-refractivity contribution in [2.75, 3.05) is 0 Å². The molecule has 9 rings (SSSR count). The van der Waals surface area contributed by atoms with E-state index in [1.54, 1.807) is 6.07 Å². The van der Waals surface area contributed by atoms with E-state index in [2.05, 4.69) is 198 Å². The summed E-state index contributed by atoms with van der Waals surface area (Å²) < 4.78 is 2.20. The monoisotopic (exact) mass is 973 g/mol. The van der Waals surface area contributed by atoms with Gasteiger partial charge in [-0.1, -0.05) is 174 Å². The number of imidazole rings is 1. The molecule has 61 heavy (non-hydrogen) atoms. The Kier molecular flexibility index (Phi) is 11.3. The van der Waals surface area contributed by atoms with E-state index in [4.69, 9.17) is 9.97 Å². The normalized spacial score (nSPS) is 11.7. The van der Waals surface area contributed by atoms with Crippen LogP contribution in [-0.4, -0.2) is 19.5 Å². The number of aromatic nitrogens is 3. The molecule has 0 aliphatic rings. The third-order valence-electron chi connectivity index (χ3n) is 11.3. The molecule has 0 saturated carbocycles. The molecule has 6 aromatic carbocycles. The summed E-state index contributed by atoms with van der Waals surface area (Å²) in [5, 5.41) is 11.1. The van der Waals surface area contributed by atoms with Crippen molar-refractivity contribution >= 4 is 5.65 Å². The number of nitrogens with zero attached hydrogens (tertiary/aromatic N) is 3. The number of pyridine rings is 2. The predicted octanol–water partition coefficient (Wildman–Crippen LogP) is 14.5. The zero-order valence-corrected chi connectivity index (χ0v) is 37.6. The van der Waals surface area contributed by atoms with E-state index in [1.165, 1.54) is 11.1 Å². The number of hydrogen-bond acceptors (Lipinski definition) is 3. The number of fused-ring (bicyclic) bond motifs is 1. The second-order valence-corrected chi connectivity index (χ2v) is 17.6. The minimum atomic E-state index is -0.0557. The van der Waals surface area contributed by atoms with Crippen LogP contribution in [0.2, 0.25) is 0 Å². The topological polar surface area (TPSA) is 50.4 Å². The van der Waals surface area contributed by atoms with E-state index in [0.29, 0.717) is 11.3 Å². The summed E-state index contributed by atoms with van der Waals surface area (Å²) in [5.41, 5.74) is 16.6. The summed E-state index contributed by atoms with van der Waals surface area (Å²) in [7, 11) is 0. The third-order valence-corrected chi connectivity index (χ3v) is 11.3. The number of hydrogen-bond donors (Lipinski definition) is 1. The fourth-order valence-electron chi connectivity index (χ4n) is 8.03. The SMILES string of the molecule is CC(C)(C)c1cc(-c2cc(-c3[c-]c(-c4nc5ccccn5c4-c4c(-c5ccccc5)cccc4-c4ccccc4)ccc3)nc(-c3ccccc3O)c2)cc(C(C)(C)C)c1.[Pt]. The van der Waals surface area contributed by atoms with E-state index >= 15 is 0 Å². The van der Waals surface area contributed by atoms with Gasteiger partial charge in [0, 0.05) is 55.5 Å². The first kappa shape index (κ1) is 41.4. The van der Waals surface area contributed by atoms with Gasteiger partial charge in [-0.05, 0) is 85.7 Å². The number of phenolic OH excluding ortho intramolecular Hbond substituents is 1. The van der Waals surface area contributed by atoms with Gasteiger partial charge >= 0.3 is 0 Å². The molecule has 9 aromatic rings. The first-order chi connectivity index (χ1) is 28.9. The van der Waals surface area contributed by atoms with E-state index in [1.807, 2.05) is 24.3 Å². The van der Waals surface area contributed by atoms with E-state index in [9.17, 15) is 5.11 Å². The van der Waals surface area contributed by atoms with Crippen LogP contribution in [0.25, 0.3) is 84.1 Å². The summed E-state index contributed by atoms with van der Waals surface area (Å²) in [5.74, 6) is 0.185. The largest absolute Gasteiger partial charge is 0.507 e. The predicted molar refractivity (Wildman–Crippen MR) is 249 cm³/mol. The molecule has 0 radical (unpaired) electrons. The molecule has 5 heteroatoms. The minimum absolute atomic E-state index is 0. The molecule has 3 heterocycles. The van der Waals surface area contributed by atoms with Crippen LogP contribution < -0.4 is 0 Å². The molecular weight excluding hydrogens is 926 g/mol. The Bertz CT molecular complexity index is 2920. The quantitative estimate of drug-likeness (QED) is 0.162. The number of phenols is 1. The Morgan fingerprint density at radius 2 is 1.00 bits per heavy atom. The molecule has 4 nitrogen and oxygen atoms in total. The summed E-state index contributed by atoms with van der Waals surface area (Å²) in [6.45, 7) is 13.6. The van der Waals surface area contributed by atoms with E-state index < -0.39 is 0 Å². The standard InChI is InChI=1S/C56H48N3O.Pt/c1-55(2,3)43-32-41(33-44(36-43)56(4,5)6)42-34-48(57-49(35-42)47-25-13-14-28-50(47)60)39-23-17-24-40(31-39)53-54(59-30-16-15-29-51(59)58-53)52-45(37-19-9-7-10-20-37)26-18-27-46(52)38-21-11-8-12-22-38;/h7-30,32-36,60H,1-6H3;/q-1;. The van der Waals surface area contributed by atoms with Gasteiger partial charge < -0.3 is 9.51 Å². The Balaban J connectivity index is 0.00000514. The molecule has 304 valence electrons. The molecule has 1 N–H and O–H groups in total. The van der Waals surface area contributed by atoms with Crippen molar-refractivity contribution in [3.63, 3.8) is 0 Å². The van der Waals surface area contributed by atoms with Gasteiger partial charge in [0.15, 0.2) is 0 Å². The van der Waals surface area contributed by atoms with Crippen LogP contribution in [0.15, 0.2) is 176 Å². The average molecular weight is 974 g/mol. The van der Waals surface area contributed by atoms with Gasteiger partial charge in [0.25, 0.3) is 0 Å². The smallest absolute Gasteiger partial charge is 0.129 e. The summed E-state index contributed by atoms with van der Waals surface area (Å²) in [6.07, 6.45) is 2.10. The maximum atomic E-state index is 11.1. The zero-order valence-electron chi connectivity index (χ0n) is 35.3. The molecule has 0 spiro atoms. The van der Waals surface area contributed by atoms with Crippen molar-refractivity contribution < 1.29 is 26.2 Å². The fourth-order valence-corrected chi connectivity index (χ4v) is 8.03. The Hall–Kier alpha value is -6.35. The molecule has 3 aromatic heterocycles. The van der Waals surface area contributed by atoms with Gasteiger partial charge in [0.05, 0.1) is 5.69 Å². The van der Waals surface area contributed by atoms with Gasteiger partial charge in [-0.25, -0.2) is 0 Å². The first-order valence-corrected chi connectivity index (χ1v) is 20.6. The van der Waals surface area contributed by atoms with E-state index in [-0.39, 0.29) is 37.6 Å². The van der Waals surface area contributed by atoms with Gasteiger partial charge in [-0.2, -0.15) is 0 Å². The summed E-state index contributed by atoms with van der Waals surface area (Å²) in [4.78, 5) is 10.6. The van der Waals surface area contributed by atoms with Crippen molar-refractivity contribution in [2.45, 2.75) is 52.4 Å². The van der Waals surface area contributed by atoms with Crippen molar-refractivity contribution in [1.29, 1.82) is 0 Å². The molecule has 0 saturated heterocycles. The molecule has 0 atom stereocenters. The van der Waals surface area contributed by atoms with Crippen LogP contribution in [-0.2, 0) is 31.9 Å². The van der Waals surface area contributed by atoms with Crippen molar-refractivity contribution in [1.82, 2.24) is 14.4 Å². The van der Waals surface area contributed by atoms with Crippen molar-refractivity contribution in [3.8, 4) is 84.2 Å². The third kappa shape index (κ3) is 8.26. The maximum Gasteiger partial charge on any atom is 0.129 e. The number of rotatable bonds is 7. The van der Waals surface area contributed by atoms with Gasteiger partial charge in [-0.3, -0.25) is 9.97 Å². The average Bonchev–Trinajstić information content (AvgIpc) is 3.65. The van der Waals surface area contributed by atoms with Crippen LogP contribution >= 0.6 is 0 Å². The summed E-state index contributed by atoms with van der Waals surface area (Å²) >= 11 is 0. The van der Waals surface area contributed by atoms with Crippen molar-refractivity contribution in [3.05, 3.63) is 193 Å². The fraction of sp³-hybridized carbons (Fsp3) is 0.143. The minimum Gasteiger partial charge on any atom is -0.507 e. The molecule has 0 fully saturated rings. The first-order valence-electron chi connectivity index (χ1n) is 20.6. The molecule has 0 bridgehead atoms. The summed E-state index contributed by atoms with van der Waals surface area (Å²) in [6, 6.07) is 62.6. The second kappa shape index (κ2) is 16.6. The van der Waals surface area contributed by atoms with Crippen LogP contribution in [0.1, 0.15) is 52.7 Å². The molecule has 0 aliphatic heterocycles. The molecule has 0 aliphatic carbocycles. The Morgan fingerprint density at radius 3 is 1.62 bits per heavy atom. The van der Waals surface area contributed by atoms with Crippen LogP contribution in [0.5, 0.6) is 5.75 Å². The van der Waals surface area contributed by atoms with E-state index in [0.717, 1.165) is 72.8 Å². The number of para-hydroxylation sites is 1. The van der Waals surface area contributed by atoms with Gasteiger partial charge in [0.1, 0.15) is 11.4 Å². The van der Waals surface area contributed by atoms with Crippen molar-refractivity contribution in [2.24, 2.45) is 0 Å². The Labute approximate surface area is 373 Å². The molecule has 0 unspecified atom stereocenters. The Morgan fingerprint density at radius 1 is 0.475 bits per heavy atom. The van der Waals surface area contributed by atoms with Gasteiger partial charge in [0.2, 0.25) is 0 Å².